The van der Waals surface area contributed by atoms with Gasteiger partial charge in [-0.2, -0.15) is 5.26 Å². The van der Waals surface area contributed by atoms with E-state index in [1.807, 2.05) is 36.4 Å². The molecule has 1 rings (SSSR count). The molecule has 1 aromatic rings. The van der Waals surface area contributed by atoms with Gasteiger partial charge in [0, 0.05) is 0 Å². The van der Waals surface area contributed by atoms with E-state index in [1.165, 1.54) is 0 Å². The molecule has 0 bridgehead atoms. The first-order valence-electron chi connectivity index (χ1n) is 4.18. The van der Waals surface area contributed by atoms with Crippen molar-refractivity contribution < 1.29 is 0 Å². The first-order valence-corrected chi connectivity index (χ1v) is 4.59. The zero-order chi connectivity index (χ0) is 10.4. The quantitative estimate of drug-likeness (QED) is 0.463. The fourth-order valence-electron chi connectivity index (χ4n) is 1.04. The van der Waals surface area contributed by atoms with Gasteiger partial charge in [-0.3, -0.25) is 0 Å². The number of hydrogen-bond acceptors (Lipinski definition) is 2. The van der Waals surface area contributed by atoms with Crippen LogP contribution in [0.1, 0.15) is 5.56 Å². The molecule has 0 saturated heterocycles. The summed E-state index contributed by atoms with van der Waals surface area (Å²) in [5, 5.41) is 8.69. The van der Waals surface area contributed by atoms with Crippen molar-refractivity contribution in [2.75, 3.05) is 0 Å². The van der Waals surface area contributed by atoms with Crippen molar-refractivity contribution in [3.05, 3.63) is 47.5 Å². The maximum atomic E-state index is 8.69. The molecule has 0 radical (unpaired) electrons. The maximum absolute atomic E-state index is 8.69. The lowest BCUT2D eigenvalue weighted by Crippen LogP contribution is -2.10. The molecule has 0 spiro atoms. The molecule has 0 aromatic heterocycles. The van der Waals surface area contributed by atoms with Crippen molar-refractivity contribution in [1.82, 2.24) is 0 Å². The molecule has 2 nitrogen and oxygen atoms in total. The third-order valence-electron chi connectivity index (χ3n) is 1.77. The molecule has 0 aliphatic rings. The van der Waals surface area contributed by atoms with Crippen LogP contribution in [0.3, 0.4) is 0 Å². The maximum Gasteiger partial charge on any atom is 0.114 e. The van der Waals surface area contributed by atoms with Crippen molar-refractivity contribution in [2.24, 2.45) is 5.73 Å². The lowest BCUT2D eigenvalue weighted by Gasteiger charge is -1.96. The van der Waals surface area contributed by atoms with Gasteiger partial charge in [0.2, 0.25) is 0 Å². The summed E-state index contributed by atoms with van der Waals surface area (Å²) in [5.41, 5.74) is 6.87. The Morgan fingerprint density at radius 3 is 2.57 bits per heavy atom. The Bertz CT molecular complexity index is 387. The zero-order valence-corrected chi connectivity index (χ0v) is 8.42. The fraction of sp³-hybridized carbons (Fsp3) is 0.0909. The molecule has 2 N–H and O–H groups in total. The van der Waals surface area contributed by atoms with Gasteiger partial charge in [-0.1, -0.05) is 48.6 Å². The Morgan fingerprint density at radius 1 is 1.43 bits per heavy atom. The van der Waals surface area contributed by atoms with Crippen molar-refractivity contribution in [3.63, 3.8) is 0 Å². The van der Waals surface area contributed by atoms with E-state index in [1.54, 1.807) is 6.08 Å². The topological polar surface area (TPSA) is 49.8 Å². The molecule has 0 aliphatic heterocycles. The van der Waals surface area contributed by atoms with Gasteiger partial charge in [-0.15, -0.1) is 0 Å². The number of allylic oxidation sites excluding steroid dienone is 1. The average Bonchev–Trinajstić information content (AvgIpc) is 2.20. The molecule has 14 heavy (non-hydrogen) atoms. The van der Waals surface area contributed by atoms with Crippen LogP contribution in [0.4, 0.5) is 0 Å². The van der Waals surface area contributed by atoms with Gasteiger partial charge in [0.05, 0.1) is 5.57 Å². The summed E-state index contributed by atoms with van der Waals surface area (Å²) in [4.78, 5) is 0.156. The number of rotatable bonds is 3. The van der Waals surface area contributed by atoms with Crippen LogP contribution in [0.25, 0.3) is 0 Å². The monoisotopic (exact) mass is 202 g/mol. The van der Waals surface area contributed by atoms with E-state index in [0.29, 0.717) is 12.0 Å². The Labute approximate surface area is 88.7 Å². The van der Waals surface area contributed by atoms with E-state index in [9.17, 15) is 0 Å². The molecule has 0 unspecified atom stereocenters. The predicted molar refractivity (Wildman–Crippen MR) is 60.6 cm³/mol. The Balaban J connectivity index is 2.73. The SMILES string of the molecule is N#C/C(=C\Cc1ccccc1)C(N)=S. The third kappa shape index (κ3) is 3.00. The van der Waals surface area contributed by atoms with Gasteiger partial charge < -0.3 is 5.73 Å². The second-order valence-corrected chi connectivity index (χ2v) is 3.22. The molecule has 0 fully saturated rings. The normalized spacial score (nSPS) is 10.6. The van der Waals surface area contributed by atoms with Crippen molar-refractivity contribution in [2.45, 2.75) is 6.42 Å². The Kier molecular flexibility index (Phi) is 3.84. The second-order valence-electron chi connectivity index (χ2n) is 2.78. The highest BCUT2D eigenvalue weighted by Gasteiger charge is 1.97. The summed E-state index contributed by atoms with van der Waals surface area (Å²) < 4.78 is 0. The van der Waals surface area contributed by atoms with Crippen LogP contribution in [0.15, 0.2) is 42.0 Å². The zero-order valence-electron chi connectivity index (χ0n) is 7.60. The van der Waals surface area contributed by atoms with E-state index < -0.39 is 0 Å². The number of benzene rings is 1. The summed E-state index contributed by atoms with van der Waals surface area (Å²) >= 11 is 4.72. The molecule has 0 saturated carbocycles. The summed E-state index contributed by atoms with van der Waals surface area (Å²) in [7, 11) is 0. The van der Waals surface area contributed by atoms with Gasteiger partial charge >= 0.3 is 0 Å². The number of nitrogens with two attached hydrogens (primary N) is 1. The minimum Gasteiger partial charge on any atom is -0.389 e. The van der Waals surface area contributed by atoms with Gasteiger partial charge in [0.25, 0.3) is 0 Å². The van der Waals surface area contributed by atoms with Crippen LogP contribution in [0.5, 0.6) is 0 Å². The van der Waals surface area contributed by atoms with E-state index in [0.717, 1.165) is 5.56 Å². The first kappa shape index (κ1) is 10.4. The number of nitriles is 1. The highest BCUT2D eigenvalue weighted by molar-refractivity contribution is 7.80. The predicted octanol–water partition coefficient (Wildman–Crippen LogP) is 1.97. The van der Waals surface area contributed by atoms with Gasteiger partial charge in [0.15, 0.2) is 0 Å². The summed E-state index contributed by atoms with van der Waals surface area (Å²) in [5.74, 6) is 0. The molecule has 0 heterocycles. The summed E-state index contributed by atoms with van der Waals surface area (Å²) in [6.07, 6.45) is 2.43. The largest absolute Gasteiger partial charge is 0.389 e. The summed E-state index contributed by atoms with van der Waals surface area (Å²) in [6.45, 7) is 0. The first-order chi connectivity index (χ1) is 6.74. The fourth-order valence-corrected chi connectivity index (χ4v) is 1.16. The van der Waals surface area contributed by atoms with Gasteiger partial charge in [-0.25, -0.2) is 0 Å². The molecule has 0 aliphatic carbocycles. The smallest absolute Gasteiger partial charge is 0.114 e. The highest BCUT2D eigenvalue weighted by Crippen LogP contribution is 2.03. The van der Waals surface area contributed by atoms with Crippen LogP contribution in [0.2, 0.25) is 0 Å². The second kappa shape index (κ2) is 5.15. The van der Waals surface area contributed by atoms with Crippen LogP contribution in [0, 0.1) is 11.3 Å². The molecular weight excluding hydrogens is 192 g/mol. The number of thiocarbonyl (C=S) groups is 1. The highest BCUT2D eigenvalue weighted by atomic mass is 32.1. The van der Waals surface area contributed by atoms with Crippen LogP contribution in [-0.2, 0) is 6.42 Å². The minimum atomic E-state index is 0.156. The van der Waals surface area contributed by atoms with Crippen molar-refractivity contribution in [3.8, 4) is 6.07 Å². The van der Waals surface area contributed by atoms with Crippen molar-refractivity contribution >= 4 is 17.2 Å². The van der Waals surface area contributed by atoms with Crippen LogP contribution < -0.4 is 5.73 Å². The van der Waals surface area contributed by atoms with Crippen LogP contribution >= 0.6 is 12.2 Å². The lowest BCUT2D eigenvalue weighted by atomic mass is 10.1. The van der Waals surface area contributed by atoms with Crippen LogP contribution in [-0.4, -0.2) is 4.99 Å². The van der Waals surface area contributed by atoms with Gasteiger partial charge in [0.1, 0.15) is 11.1 Å². The van der Waals surface area contributed by atoms with Crippen molar-refractivity contribution in [1.29, 1.82) is 5.26 Å². The molecule has 3 heteroatoms. The Hall–Kier alpha value is -1.66. The Morgan fingerprint density at radius 2 is 2.07 bits per heavy atom. The summed E-state index contributed by atoms with van der Waals surface area (Å²) in [6, 6.07) is 11.8. The molecule has 1 aromatic carbocycles. The lowest BCUT2D eigenvalue weighted by molar-refractivity contribution is 1.26. The van der Waals surface area contributed by atoms with E-state index in [-0.39, 0.29) is 4.99 Å². The minimum absolute atomic E-state index is 0.156. The standard InChI is InChI=1S/C11H10N2S/c12-8-10(11(13)14)7-6-9-4-2-1-3-5-9/h1-5,7H,6H2,(H2,13,14)/b10-7+. The number of hydrogen-bond donors (Lipinski definition) is 1. The molecular formula is C11H10N2S. The van der Waals surface area contributed by atoms with E-state index in [2.05, 4.69) is 0 Å². The molecule has 0 atom stereocenters. The third-order valence-corrected chi connectivity index (χ3v) is 1.99. The average molecular weight is 202 g/mol. The molecule has 0 amide bonds. The number of nitrogens with zero attached hydrogens (tertiary/aromatic N) is 1. The van der Waals surface area contributed by atoms with Gasteiger partial charge in [-0.05, 0) is 12.0 Å². The molecule has 70 valence electrons. The van der Waals surface area contributed by atoms with E-state index >= 15 is 0 Å². The van der Waals surface area contributed by atoms with E-state index in [4.69, 9.17) is 23.2 Å².